The summed E-state index contributed by atoms with van der Waals surface area (Å²) < 4.78 is 4.80. The van der Waals surface area contributed by atoms with Gasteiger partial charge in [0.15, 0.2) is 5.65 Å². The number of pyridine rings is 1. The molecule has 0 radical (unpaired) electrons. The van der Waals surface area contributed by atoms with Crippen molar-refractivity contribution < 1.29 is 14.6 Å². The quantitative estimate of drug-likeness (QED) is 0.544. The lowest BCUT2D eigenvalue weighted by molar-refractivity contribution is 0.0512. The smallest absolute Gasteiger partial charge is 0.374 e. The second-order valence-electron chi connectivity index (χ2n) is 4.37. The summed E-state index contributed by atoms with van der Waals surface area (Å²) in [6.45, 7) is 1.85. The van der Waals surface area contributed by atoms with Gasteiger partial charge in [-0.05, 0) is 31.2 Å². The summed E-state index contributed by atoms with van der Waals surface area (Å²) in [5.74, 6) is -0.805. The van der Waals surface area contributed by atoms with Gasteiger partial charge in [-0.2, -0.15) is 0 Å². The first-order valence-electron chi connectivity index (χ1n) is 6.29. The first-order chi connectivity index (χ1) is 10.1. The molecule has 2 aromatic heterocycles. The van der Waals surface area contributed by atoms with Crippen LogP contribution in [0.2, 0.25) is 0 Å². The number of nitrogens with one attached hydrogen (secondary N) is 1. The number of aromatic nitrogens is 3. The predicted molar refractivity (Wildman–Crippen MR) is 75.3 cm³/mol. The predicted octanol–water partition coefficient (Wildman–Crippen LogP) is 1.35. The molecule has 2 N–H and O–H groups in total. The molecule has 0 spiro atoms. The lowest BCUT2D eigenvalue weighted by Crippen LogP contribution is -2.18. The van der Waals surface area contributed by atoms with Crippen molar-refractivity contribution in [2.75, 3.05) is 6.61 Å². The van der Waals surface area contributed by atoms with Crippen molar-refractivity contribution >= 4 is 27.9 Å². The van der Waals surface area contributed by atoms with E-state index in [1.807, 2.05) is 0 Å². The fourth-order valence-corrected chi connectivity index (χ4v) is 2.01. The molecule has 0 aliphatic heterocycles. The van der Waals surface area contributed by atoms with Crippen molar-refractivity contribution in [2.24, 2.45) is 0 Å². The van der Waals surface area contributed by atoms with Crippen LogP contribution in [-0.2, 0) is 4.74 Å². The molecule has 3 rings (SSSR count). The molecule has 106 valence electrons. The summed E-state index contributed by atoms with van der Waals surface area (Å²) >= 11 is 0. The lowest BCUT2D eigenvalue weighted by atomic mass is 10.2. The van der Waals surface area contributed by atoms with Crippen LogP contribution in [0, 0.1) is 0 Å². The Balaban J connectivity index is 2.27. The molecule has 0 bridgehead atoms. The van der Waals surface area contributed by atoms with E-state index in [2.05, 4.69) is 15.0 Å². The minimum absolute atomic E-state index is 0.0798. The van der Waals surface area contributed by atoms with Gasteiger partial charge in [0, 0.05) is 5.39 Å². The van der Waals surface area contributed by atoms with Crippen LogP contribution in [0.15, 0.2) is 29.1 Å². The van der Waals surface area contributed by atoms with Gasteiger partial charge in [0.2, 0.25) is 5.82 Å². The van der Waals surface area contributed by atoms with E-state index < -0.39 is 11.5 Å². The van der Waals surface area contributed by atoms with Gasteiger partial charge < -0.3 is 14.8 Å². The van der Waals surface area contributed by atoms with E-state index in [-0.39, 0.29) is 29.2 Å². The number of hydrogen-bond acceptors (Lipinski definition) is 6. The normalized spacial score (nSPS) is 10.9. The molecule has 2 heterocycles. The molecule has 1 aromatic carbocycles. The number of phenolic OH excluding ortho intramolecular Hbond substituents is 1. The van der Waals surface area contributed by atoms with Crippen LogP contribution in [0.1, 0.15) is 17.5 Å². The molecule has 0 fully saturated rings. The van der Waals surface area contributed by atoms with Gasteiger partial charge in [-0.25, -0.2) is 14.8 Å². The van der Waals surface area contributed by atoms with E-state index in [4.69, 9.17) is 4.74 Å². The molecule has 0 aliphatic carbocycles. The minimum atomic E-state index is -0.705. The van der Waals surface area contributed by atoms with Gasteiger partial charge in [0.1, 0.15) is 5.75 Å². The molecule has 0 atom stereocenters. The van der Waals surface area contributed by atoms with Crippen LogP contribution in [0.4, 0.5) is 0 Å². The number of aromatic amines is 1. The summed E-state index contributed by atoms with van der Waals surface area (Å²) in [5, 5.41) is 10.3. The zero-order valence-corrected chi connectivity index (χ0v) is 11.1. The fraction of sp³-hybridized carbons (Fsp3) is 0.143. The molecule has 21 heavy (non-hydrogen) atoms. The number of H-pyrrole nitrogens is 1. The monoisotopic (exact) mass is 285 g/mol. The van der Waals surface area contributed by atoms with Crippen molar-refractivity contribution in [3.8, 4) is 5.75 Å². The molecule has 3 aromatic rings. The lowest BCUT2D eigenvalue weighted by Gasteiger charge is -2.04. The maximum atomic E-state index is 12.0. The van der Waals surface area contributed by atoms with Crippen LogP contribution in [-0.4, -0.2) is 32.6 Å². The Hall–Kier alpha value is -2.96. The highest BCUT2D eigenvalue weighted by Crippen LogP contribution is 2.20. The molecular weight excluding hydrogens is 274 g/mol. The molecule has 0 saturated heterocycles. The summed E-state index contributed by atoms with van der Waals surface area (Å²) in [6, 6.07) is 6.16. The summed E-state index contributed by atoms with van der Waals surface area (Å²) in [5.41, 5.74) is 0.231. The molecule has 7 heteroatoms. The number of carbonyl (C=O) groups excluding carboxylic acids is 1. The number of benzene rings is 1. The third-order valence-corrected chi connectivity index (χ3v) is 2.94. The van der Waals surface area contributed by atoms with E-state index in [0.29, 0.717) is 10.9 Å². The first-order valence-corrected chi connectivity index (χ1v) is 6.29. The maximum Gasteiger partial charge on any atom is 0.374 e. The molecule has 0 amide bonds. The van der Waals surface area contributed by atoms with Crippen molar-refractivity contribution in [3.05, 3.63) is 40.4 Å². The second-order valence-corrected chi connectivity index (χ2v) is 4.37. The van der Waals surface area contributed by atoms with Gasteiger partial charge in [-0.3, -0.25) is 4.79 Å². The number of hydrogen-bond donors (Lipinski definition) is 2. The Labute approximate surface area is 118 Å². The van der Waals surface area contributed by atoms with Gasteiger partial charge in [-0.15, -0.1) is 0 Å². The van der Waals surface area contributed by atoms with Gasteiger partial charge in [0.05, 0.1) is 17.5 Å². The number of rotatable bonds is 2. The van der Waals surface area contributed by atoms with Gasteiger partial charge in [0.25, 0.3) is 5.56 Å². The third-order valence-electron chi connectivity index (χ3n) is 2.94. The highest BCUT2D eigenvalue weighted by molar-refractivity contribution is 5.93. The van der Waals surface area contributed by atoms with Gasteiger partial charge in [-0.1, -0.05) is 0 Å². The van der Waals surface area contributed by atoms with E-state index in [1.165, 1.54) is 12.1 Å². The number of carbonyl (C=O) groups is 1. The average molecular weight is 285 g/mol. The number of aromatic hydroxyl groups is 1. The highest BCUT2D eigenvalue weighted by atomic mass is 16.5. The standard InChI is InChI=1S/C14H11N3O4/c1-2-21-14(20)12-16-11-9(13(19)17-12)6-7-5-8(18)3-4-10(7)15-11/h3-6,18H,2H2,1H3,(H,15,16,17,19). The molecule has 0 aliphatic rings. The van der Waals surface area contributed by atoms with Crippen molar-refractivity contribution in [1.29, 1.82) is 0 Å². The molecule has 0 unspecified atom stereocenters. The minimum Gasteiger partial charge on any atom is -0.508 e. The Morgan fingerprint density at radius 3 is 2.90 bits per heavy atom. The second kappa shape index (κ2) is 4.86. The zero-order chi connectivity index (χ0) is 15.0. The van der Waals surface area contributed by atoms with Crippen LogP contribution < -0.4 is 5.56 Å². The molecule has 0 saturated carbocycles. The fourth-order valence-electron chi connectivity index (χ4n) is 2.01. The third kappa shape index (κ3) is 2.29. The van der Waals surface area contributed by atoms with Crippen molar-refractivity contribution in [3.63, 3.8) is 0 Å². The van der Waals surface area contributed by atoms with Crippen molar-refractivity contribution in [1.82, 2.24) is 15.0 Å². The Kier molecular flexibility index (Phi) is 3.02. The zero-order valence-electron chi connectivity index (χ0n) is 11.1. The number of phenols is 1. The number of nitrogens with zero attached hydrogens (tertiary/aromatic N) is 2. The number of fused-ring (bicyclic) bond motifs is 2. The summed E-state index contributed by atoms with van der Waals surface area (Å²) in [4.78, 5) is 34.3. The van der Waals surface area contributed by atoms with Crippen LogP contribution in [0.3, 0.4) is 0 Å². The highest BCUT2D eigenvalue weighted by Gasteiger charge is 2.13. The van der Waals surface area contributed by atoms with E-state index in [1.54, 1.807) is 19.1 Å². The van der Waals surface area contributed by atoms with E-state index >= 15 is 0 Å². The van der Waals surface area contributed by atoms with E-state index in [9.17, 15) is 14.7 Å². The molecule has 7 nitrogen and oxygen atoms in total. The number of ether oxygens (including phenoxy) is 1. The molecular formula is C14H11N3O4. The Morgan fingerprint density at radius 2 is 2.14 bits per heavy atom. The van der Waals surface area contributed by atoms with Crippen LogP contribution in [0.5, 0.6) is 5.75 Å². The van der Waals surface area contributed by atoms with Crippen molar-refractivity contribution in [2.45, 2.75) is 6.92 Å². The largest absolute Gasteiger partial charge is 0.508 e. The maximum absolute atomic E-state index is 12.0. The first kappa shape index (κ1) is 13.0. The van der Waals surface area contributed by atoms with Gasteiger partial charge >= 0.3 is 5.97 Å². The average Bonchev–Trinajstić information content (AvgIpc) is 2.46. The topological polar surface area (TPSA) is 105 Å². The SMILES string of the molecule is CCOC(=O)c1nc2nc3ccc(O)cc3cc2c(=O)[nH]1. The summed E-state index contributed by atoms with van der Waals surface area (Å²) in [6.07, 6.45) is 0. The van der Waals surface area contributed by atoms with Crippen LogP contribution >= 0.6 is 0 Å². The summed E-state index contributed by atoms with van der Waals surface area (Å²) in [7, 11) is 0. The Bertz CT molecular complexity index is 917. The Morgan fingerprint density at radius 1 is 1.33 bits per heavy atom. The van der Waals surface area contributed by atoms with E-state index in [0.717, 1.165) is 0 Å². The number of esters is 1. The van der Waals surface area contributed by atoms with Crippen LogP contribution in [0.25, 0.3) is 21.9 Å².